The lowest BCUT2D eigenvalue weighted by atomic mass is 9.90. The van der Waals surface area contributed by atoms with E-state index in [-0.39, 0.29) is 11.6 Å². The standard InChI is InChI=1S/C17H34N2O3/c1-13(18-17(5,6)12-21-7)14-9-8-10-19(11-14)15(20)22-16(2,3)4/h13-14,18H,8-12H2,1-7H3. The Hall–Kier alpha value is -0.810. The lowest BCUT2D eigenvalue weighted by Gasteiger charge is -2.39. The van der Waals surface area contributed by atoms with Gasteiger partial charge in [-0.15, -0.1) is 0 Å². The molecule has 0 radical (unpaired) electrons. The van der Waals surface area contributed by atoms with Crippen LogP contribution in [0.15, 0.2) is 0 Å². The summed E-state index contributed by atoms with van der Waals surface area (Å²) in [4.78, 5) is 14.1. The number of carbonyl (C=O) groups is 1. The highest BCUT2D eigenvalue weighted by atomic mass is 16.6. The second-order valence-electron chi connectivity index (χ2n) is 8.08. The number of piperidine rings is 1. The number of ether oxygens (including phenoxy) is 2. The van der Waals surface area contributed by atoms with Gasteiger partial charge in [0.05, 0.1) is 6.61 Å². The van der Waals surface area contributed by atoms with Crippen LogP contribution < -0.4 is 5.32 Å². The molecule has 2 atom stereocenters. The van der Waals surface area contributed by atoms with Crippen molar-refractivity contribution in [2.45, 2.75) is 71.6 Å². The van der Waals surface area contributed by atoms with Crippen LogP contribution in [-0.4, -0.2) is 55.0 Å². The lowest BCUT2D eigenvalue weighted by Crippen LogP contribution is -2.54. The number of methoxy groups -OCH3 is 1. The summed E-state index contributed by atoms with van der Waals surface area (Å²) < 4.78 is 10.8. The molecule has 1 fully saturated rings. The molecule has 1 heterocycles. The molecule has 1 rings (SSSR count). The maximum absolute atomic E-state index is 12.2. The van der Waals surface area contributed by atoms with E-state index in [0.717, 1.165) is 25.9 Å². The van der Waals surface area contributed by atoms with Crippen LogP contribution in [0, 0.1) is 5.92 Å². The van der Waals surface area contributed by atoms with E-state index in [1.54, 1.807) is 7.11 Å². The average Bonchev–Trinajstić information content (AvgIpc) is 2.36. The Morgan fingerprint density at radius 3 is 2.50 bits per heavy atom. The molecular weight excluding hydrogens is 280 g/mol. The number of rotatable bonds is 5. The Kier molecular flexibility index (Phi) is 6.68. The predicted octanol–water partition coefficient (Wildman–Crippen LogP) is 3.04. The van der Waals surface area contributed by atoms with Crippen LogP contribution in [-0.2, 0) is 9.47 Å². The van der Waals surface area contributed by atoms with E-state index in [9.17, 15) is 4.79 Å². The SMILES string of the molecule is COCC(C)(C)NC(C)C1CCCN(C(=O)OC(C)(C)C)C1. The maximum atomic E-state index is 12.2. The number of likely N-dealkylation sites (tertiary alicyclic amines) is 1. The van der Waals surface area contributed by atoms with E-state index in [2.05, 4.69) is 26.1 Å². The van der Waals surface area contributed by atoms with Crippen molar-refractivity contribution < 1.29 is 14.3 Å². The first-order valence-electron chi connectivity index (χ1n) is 8.28. The average molecular weight is 314 g/mol. The highest BCUT2D eigenvalue weighted by Crippen LogP contribution is 2.23. The largest absolute Gasteiger partial charge is 0.444 e. The fourth-order valence-corrected chi connectivity index (χ4v) is 3.05. The van der Waals surface area contributed by atoms with Gasteiger partial charge in [0.25, 0.3) is 0 Å². The van der Waals surface area contributed by atoms with Gasteiger partial charge in [-0.1, -0.05) is 0 Å². The molecule has 1 amide bonds. The van der Waals surface area contributed by atoms with Gasteiger partial charge in [0.1, 0.15) is 5.60 Å². The van der Waals surface area contributed by atoms with Crippen molar-refractivity contribution in [2.75, 3.05) is 26.8 Å². The molecule has 0 bridgehead atoms. The van der Waals surface area contributed by atoms with Gasteiger partial charge >= 0.3 is 6.09 Å². The first-order valence-corrected chi connectivity index (χ1v) is 8.28. The van der Waals surface area contributed by atoms with Gasteiger partial charge in [0.2, 0.25) is 0 Å². The Bertz CT molecular complexity index is 363. The Morgan fingerprint density at radius 2 is 1.95 bits per heavy atom. The smallest absolute Gasteiger partial charge is 0.410 e. The number of nitrogens with zero attached hydrogens (tertiary/aromatic N) is 1. The van der Waals surface area contributed by atoms with Crippen molar-refractivity contribution in [2.24, 2.45) is 5.92 Å². The topological polar surface area (TPSA) is 50.8 Å². The molecule has 0 aromatic rings. The van der Waals surface area contributed by atoms with Crippen LogP contribution >= 0.6 is 0 Å². The van der Waals surface area contributed by atoms with Gasteiger partial charge in [0.15, 0.2) is 0 Å². The summed E-state index contributed by atoms with van der Waals surface area (Å²) >= 11 is 0. The highest BCUT2D eigenvalue weighted by Gasteiger charge is 2.32. The zero-order valence-electron chi connectivity index (χ0n) is 15.4. The van der Waals surface area contributed by atoms with Crippen molar-refractivity contribution in [3.05, 3.63) is 0 Å². The van der Waals surface area contributed by atoms with E-state index in [0.29, 0.717) is 18.6 Å². The van der Waals surface area contributed by atoms with Crippen molar-refractivity contribution in [3.8, 4) is 0 Å². The van der Waals surface area contributed by atoms with Crippen LogP contribution in [0.4, 0.5) is 4.79 Å². The highest BCUT2D eigenvalue weighted by molar-refractivity contribution is 5.68. The van der Waals surface area contributed by atoms with Crippen LogP contribution in [0.25, 0.3) is 0 Å². The number of hydrogen-bond acceptors (Lipinski definition) is 4. The van der Waals surface area contributed by atoms with Crippen molar-refractivity contribution in [3.63, 3.8) is 0 Å². The molecule has 0 aromatic heterocycles. The summed E-state index contributed by atoms with van der Waals surface area (Å²) in [6.45, 7) is 14.4. The molecule has 0 spiro atoms. The molecule has 0 aliphatic carbocycles. The van der Waals surface area contributed by atoms with Gasteiger partial charge < -0.3 is 19.7 Å². The second kappa shape index (κ2) is 7.64. The Morgan fingerprint density at radius 1 is 1.32 bits per heavy atom. The minimum absolute atomic E-state index is 0.0671. The summed E-state index contributed by atoms with van der Waals surface area (Å²) in [5.41, 5.74) is -0.503. The Labute approximate surface area is 135 Å². The molecule has 22 heavy (non-hydrogen) atoms. The van der Waals surface area contributed by atoms with Crippen molar-refractivity contribution >= 4 is 6.09 Å². The normalized spacial score (nSPS) is 21.6. The van der Waals surface area contributed by atoms with Gasteiger partial charge in [0, 0.05) is 31.8 Å². The minimum atomic E-state index is -0.436. The summed E-state index contributed by atoms with van der Waals surface area (Å²) in [6, 6.07) is 0.329. The molecule has 5 nitrogen and oxygen atoms in total. The number of carbonyl (C=O) groups excluding carboxylic acids is 1. The predicted molar refractivity (Wildman–Crippen MR) is 89.1 cm³/mol. The molecule has 1 aliphatic rings. The van der Waals surface area contributed by atoms with Crippen LogP contribution in [0.3, 0.4) is 0 Å². The fourth-order valence-electron chi connectivity index (χ4n) is 3.05. The molecule has 0 aromatic carbocycles. The van der Waals surface area contributed by atoms with Crippen molar-refractivity contribution in [1.82, 2.24) is 10.2 Å². The Balaban J connectivity index is 2.57. The van der Waals surface area contributed by atoms with Crippen LogP contribution in [0.5, 0.6) is 0 Å². The quantitative estimate of drug-likeness (QED) is 0.847. The van der Waals surface area contributed by atoms with E-state index in [1.165, 1.54) is 0 Å². The first-order chi connectivity index (χ1) is 10.0. The summed E-state index contributed by atoms with van der Waals surface area (Å²) in [7, 11) is 1.72. The fraction of sp³-hybridized carbons (Fsp3) is 0.941. The lowest BCUT2D eigenvalue weighted by molar-refractivity contribution is 0.0135. The molecular formula is C17H34N2O3. The van der Waals surface area contributed by atoms with Gasteiger partial charge in [-0.2, -0.15) is 0 Å². The summed E-state index contributed by atoms with van der Waals surface area (Å²) in [6.07, 6.45) is 1.97. The monoisotopic (exact) mass is 314 g/mol. The first kappa shape index (κ1) is 19.2. The van der Waals surface area contributed by atoms with Crippen LogP contribution in [0.2, 0.25) is 0 Å². The zero-order chi connectivity index (χ0) is 17.0. The van der Waals surface area contributed by atoms with Gasteiger partial charge in [-0.3, -0.25) is 0 Å². The molecule has 5 heteroatoms. The van der Waals surface area contributed by atoms with Gasteiger partial charge in [-0.05, 0) is 60.3 Å². The molecule has 0 saturated carbocycles. The molecule has 1 N–H and O–H groups in total. The van der Waals surface area contributed by atoms with E-state index in [1.807, 2.05) is 25.7 Å². The van der Waals surface area contributed by atoms with Crippen LogP contribution in [0.1, 0.15) is 54.4 Å². The van der Waals surface area contributed by atoms with Gasteiger partial charge in [-0.25, -0.2) is 4.79 Å². The molecule has 1 aliphatic heterocycles. The third kappa shape index (κ3) is 6.53. The molecule has 130 valence electrons. The maximum Gasteiger partial charge on any atom is 0.410 e. The number of nitrogens with one attached hydrogen (secondary N) is 1. The van der Waals surface area contributed by atoms with Crippen molar-refractivity contribution in [1.29, 1.82) is 0 Å². The minimum Gasteiger partial charge on any atom is -0.444 e. The molecule has 1 saturated heterocycles. The van der Waals surface area contributed by atoms with E-state index in [4.69, 9.17) is 9.47 Å². The van der Waals surface area contributed by atoms with E-state index >= 15 is 0 Å². The summed E-state index contributed by atoms with van der Waals surface area (Å²) in [5, 5.41) is 3.63. The second-order valence-corrected chi connectivity index (χ2v) is 8.08. The van der Waals surface area contributed by atoms with E-state index < -0.39 is 5.60 Å². The third-order valence-electron chi connectivity index (χ3n) is 3.94. The number of amides is 1. The third-order valence-corrected chi connectivity index (χ3v) is 3.94. The molecule has 2 unspecified atom stereocenters. The summed E-state index contributed by atoms with van der Waals surface area (Å²) in [5.74, 6) is 0.442. The zero-order valence-corrected chi connectivity index (χ0v) is 15.4. The number of hydrogen-bond donors (Lipinski definition) is 1.